The van der Waals surface area contributed by atoms with Crippen LogP contribution in [0, 0.1) is 5.92 Å². The van der Waals surface area contributed by atoms with Crippen LogP contribution >= 0.6 is 0 Å². The lowest BCUT2D eigenvalue weighted by Gasteiger charge is -2.24. The van der Waals surface area contributed by atoms with Gasteiger partial charge in [0, 0.05) is 23.6 Å². The van der Waals surface area contributed by atoms with Gasteiger partial charge in [-0.05, 0) is 68.6 Å². The first-order valence-electron chi connectivity index (χ1n) is 9.04. The zero-order chi connectivity index (χ0) is 15.8. The number of rotatable bonds is 3. The number of aryl methyl sites for hydroxylation is 2. The Morgan fingerprint density at radius 2 is 1.96 bits per heavy atom. The van der Waals surface area contributed by atoms with E-state index in [1.165, 1.54) is 36.0 Å². The number of hydrogen-bond donors (Lipinski definition) is 2. The molecular formula is C19H26N2O2. The van der Waals surface area contributed by atoms with E-state index in [2.05, 4.69) is 17.4 Å². The van der Waals surface area contributed by atoms with Crippen molar-refractivity contribution in [3.8, 4) is 5.75 Å². The molecular weight excluding hydrogens is 288 g/mol. The molecule has 1 aliphatic heterocycles. The van der Waals surface area contributed by atoms with Gasteiger partial charge in [-0.3, -0.25) is 4.79 Å². The van der Waals surface area contributed by atoms with Crippen LogP contribution in [0.25, 0.3) is 0 Å². The van der Waals surface area contributed by atoms with Crippen LogP contribution in [0.5, 0.6) is 5.75 Å². The topological polar surface area (TPSA) is 64.4 Å². The number of ether oxygens (including phenoxy) is 1. The summed E-state index contributed by atoms with van der Waals surface area (Å²) in [6.45, 7) is 0.804. The van der Waals surface area contributed by atoms with Gasteiger partial charge in [-0.25, -0.2) is 0 Å². The summed E-state index contributed by atoms with van der Waals surface area (Å²) in [5.74, 6) is 0.982. The molecule has 0 spiro atoms. The van der Waals surface area contributed by atoms with Crippen molar-refractivity contribution in [3.05, 3.63) is 28.8 Å². The van der Waals surface area contributed by atoms with E-state index in [1.807, 2.05) is 0 Å². The van der Waals surface area contributed by atoms with E-state index in [1.54, 1.807) is 0 Å². The molecule has 0 aromatic heterocycles. The third kappa shape index (κ3) is 2.97. The first-order chi connectivity index (χ1) is 11.2. The van der Waals surface area contributed by atoms with Crippen molar-refractivity contribution in [1.29, 1.82) is 0 Å². The van der Waals surface area contributed by atoms with Gasteiger partial charge in [0.05, 0.1) is 6.61 Å². The van der Waals surface area contributed by atoms with Gasteiger partial charge in [-0.2, -0.15) is 0 Å². The quantitative estimate of drug-likeness (QED) is 0.901. The van der Waals surface area contributed by atoms with Crippen LogP contribution in [0.15, 0.2) is 12.1 Å². The largest absolute Gasteiger partial charge is 0.493 e. The minimum atomic E-state index is -0.142. The summed E-state index contributed by atoms with van der Waals surface area (Å²) in [4.78, 5) is 11.4. The minimum absolute atomic E-state index is 0.0500. The molecule has 1 saturated carbocycles. The van der Waals surface area contributed by atoms with Gasteiger partial charge in [0.15, 0.2) is 0 Å². The first-order valence-corrected chi connectivity index (χ1v) is 9.04. The summed E-state index contributed by atoms with van der Waals surface area (Å²) in [6, 6.07) is 5.39. The molecule has 0 saturated heterocycles. The second kappa shape index (κ2) is 6.16. The third-order valence-corrected chi connectivity index (χ3v) is 5.77. The maximum Gasteiger partial charge on any atom is 0.220 e. The van der Waals surface area contributed by atoms with Crippen molar-refractivity contribution in [2.24, 2.45) is 11.7 Å². The Hall–Kier alpha value is -1.55. The normalized spacial score (nSPS) is 29.5. The third-order valence-electron chi connectivity index (χ3n) is 5.77. The number of benzene rings is 1. The summed E-state index contributed by atoms with van der Waals surface area (Å²) in [5, 5.41) is 3.80. The van der Waals surface area contributed by atoms with E-state index in [0.717, 1.165) is 44.5 Å². The minimum Gasteiger partial charge on any atom is -0.493 e. The highest BCUT2D eigenvalue weighted by atomic mass is 16.5. The SMILES string of the molecule is NC(=O)[C@@H]1CC[C@H](NC2CCCOc3cc4c(cc32)CCC4)C1. The molecule has 1 amide bonds. The van der Waals surface area contributed by atoms with Gasteiger partial charge in [0.2, 0.25) is 5.91 Å². The molecule has 3 atom stereocenters. The molecule has 1 heterocycles. The van der Waals surface area contributed by atoms with E-state index in [4.69, 9.17) is 10.5 Å². The van der Waals surface area contributed by atoms with Gasteiger partial charge in [0.25, 0.3) is 0 Å². The maximum absolute atomic E-state index is 11.4. The second-order valence-corrected chi connectivity index (χ2v) is 7.33. The number of carbonyl (C=O) groups excluding carboxylic acids is 1. The fourth-order valence-electron chi connectivity index (χ4n) is 4.49. The Labute approximate surface area is 137 Å². The van der Waals surface area contributed by atoms with Gasteiger partial charge in [0.1, 0.15) is 5.75 Å². The molecule has 4 nitrogen and oxygen atoms in total. The lowest BCUT2D eigenvalue weighted by molar-refractivity contribution is -0.121. The number of carbonyl (C=O) groups is 1. The summed E-state index contributed by atoms with van der Waals surface area (Å²) in [7, 11) is 0. The summed E-state index contributed by atoms with van der Waals surface area (Å²) in [6.07, 6.45) is 8.67. The predicted octanol–water partition coefficient (Wildman–Crippen LogP) is 2.63. The van der Waals surface area contributed by atoms with Gasteiger partial charge in [-0.15, -0.1) is 0 Å². The predicted molar refractivity (Wildman–Crippen MR) is 89.4 cm³/mol. The fourth-order valence-corrected chi connectivity index (χ4v) is 4.49. The van der Waals surface area contributed by atoms with Crippen molar-refractivity contribution in [2.45, 2.75) is 63.5 Å². The van der Waals surface area contributed by atoms with E-state index in [0.29, 0.717) is 12.1 Å². The number of hydrogen-bond acceptors (Lipinski definition) is 3. The van der Waals surface area contributed by atoms with E-state index >= 15 is 0 Å². The molecule has 1 aromatic rings. The lowest BCUT2D eigenvalue weighted by Crippen LogP contribution is -2.32. The molecule has 3 aliphatic rings. The molecule has 3 N–H and O–H groups in total. The number of fused-ring (bicyclic) bond motifs is 2. The van der Waals surface area contributed by atoms with Crippen LogP contribution in [0.4, 0.5) is 0 Å². The zero-order valence-electron chi connectivity index (χ0n) is 13.6. The van der Waals surface area contributed by atoms with Crippen LogP contribution in [-0.4, -0.2) is 18.6 Å². The Morgan fingerprint density at radius 3 is 2.74 bits per heavy atom. The van der Waals surface area contributed by atoms with Gasteiger partial charge < -0.3 is 15.8 Å². The van der Waals surface area contributed by atoms with Crippen molar-refractivity contribution in [1.82, 2.24) is 5.32 Å². The molecule has 0 radical (unpaired) electrons. The van der Waals surface area contributed by atoms with Crippen LogP contribution in [0.3, 0.4) is 0 Å². The Balaban J connectivity index is 1.54. The van der Waals surface area contributed by atoms with Crippen LogP contribution in [0.2, 0.25) is 0 Å². The summed E-state index contributed by atoms with van der Waals surface area (Å²) < 4.78 is 6.01. The average molecular weight is 314 g/mol. The Morgan fingerprint density at radius 1 is 1.13 bits per heavy atom. The molecule has 4 heteroatoms. The highest BCUT2D eigenvalue weighted by Gasteiger charge is 2.31. The molecule has 4 rings (SSSR count). The van der Waals surface area contributed by atoms with Crippen molar-refractivity contribution in [3.63, 3.8) is 0 Å². The van der Waals surface area contributed by atoms with Crippen molar-refractivity contribution >= 4 is 5.91 Å². The molecule has 0 bridgehead atoms. The smallest absolute Gasteiger partial charge is 0.220 e. The van der Waals surface area contributed by atoms with E-state index < -0.39 is 0 Å². The molecule has 124 valence electrons. The molecule has 1 aromatic carbocycles. The van der Waals surface area contributed by atoms with Crippen molar-refractivity contribution < 1.29 is 9.53 Å². The van der Waals surface area contributed by atoms with Gasteiger partial charge >= 0.3 is 0 Å². The molecule has 1 fully saturated rings. The summed E-state index contributed by atoms with van der Waals surface area (Å²) in [5.41, 5.74) is 9.77. The average Bonchev–Trinajstić information content (AvgIpc) is 3.13. The van der Waals surface area contributed by atoms with E-state index in [-0.39, 0.29) is 11.8 Å². The molecule has 1 unspecified atom stereocenters. The maximum atomic E-state index is 11.4. The highest BCUT2D eigenvalue weighted by Crippen LogP contribution is 2.38. The van der Waals surface area contributed by atoms with Crippen molar-refractivity contribution in [2.75, 3.05) is 6.61 Å². The Bertz CT molecular complexity index is 614. The van der Waals surface area contributed by atoms with E-state index in [9.17, 15) is 4.79 Å². The molecule has 2 aliphatic carbocycles. The monoisotopic (exact) mass is 314 g/mol. The number of nitrogens with two attached hydrogens (primary N) is 1. The highest BCUT2D eigenvalue weighted by molar-refractivity contribution is 5.77. The first kappa shape index (κ1) is 15.0. The van der Waals surface area contributed by atoms with Gasteiger partial charge in [-0.1, -0.05) is 6.07 Å². The number of primary amides is 1. The molecule has 23 heavy (non-hydrogen) atoms. The number of amides is 1. The van der Waals surface area contributed by atoms with Crippen LogP contribution in [0.1, 0.15) is 61.3 Å². The fraction of sp³-hybridized carbons (Fsp3) is 0.632. The van der Waals surface area contributed by atoms with Crippen LogP contribution < -0.4 is 15.8 Å². The standard InChI is InChI=1S/C19H26N2O2/c20-19(22)14-6-7-15(9-14)21-17-5-2-8-23-18-11-13-4-1-3-12(13)10-16(17)18/h10-11,14-15,17,21H,1-9H2,(H2,20,22)/t14-,15+,17?/m1/s1. The number of nitrogens with one attached hydrogen (secondary N) is 1. The lowest BCUT2D eigenvalue weighted by atomic mass is 9.96. The second-order valence-electron chi connectivity index (χ2n) is 7.33. The zero-order valence-corrected chi connectivity index (χ0v) is 13.6. The Kier molecular flexibility index (Phi) is 4.02. The van der Waals surface area contributed by atoms with Crippen LogP contribution in [-0.2, 0) is 17.6 Å². The summed E-state index contributed by atoms with van der Waals surface area (Å²) >= 11 is 0.